The Balaban J connectivity index is 1.88. The Bertz CT molecular complexity index is 1090. The maximum atomic E-state index is 13.0. The van der Waals surface area contributed by atoms with Gasteiger partial charge in [-0.1, -0.05) is 66.7 Å². The summed E-state index contributed by atoms with van der Waals surface area (Å²) < 4.78 is 0. The monoisotopic (exact) mass is 402 g/mol. The summed E-state index contributed by atoms with van der Waals surface area (Å²) in [7, 11) is 0. The van der Waals surface area contributed by atoms with Crippen LogP contribution in [-0.4, -0.2) is 22.4 Å². The number of ketones is 1. The molecule has 3 rings (SSSR count). The number of hydrogen-bond acceptors (Lipinski definition) is 6. The third-order valence-corrected chi connectivity index (χ3v) is 4.35. The van der Waals surface area contributed by atoms with E-state index in [1.54, 1.807) is 67.6 Å². The number of rotatable bonds is 7. The number of oxime groups is 1. The Kier molecular flexibility index (Phi) is 6.44. The summed E-state index contributed by atoms with van der Waals surface area (Å²) in [6.07, 6.45) is 0.143. The van der Waals surface area contributed by atoms with Crippen LogP contribution in [-0.2, 0) is 9.63 Å². The zero-order valence-corrected chi connectivity index (χ0v) is 16.1. The van der Waals surface area contributed by atoms with Crippen LogP contribution in [0.1, 0.15) is 29.3 Å². The molecule has 0 saturated carbocycles. The lowest BCUT2D eigenvalue weighted by molar-refractivity contribution is -0.384. The van der Waals surface area contributed by atoms with Gasteiger partial charge in [0.1, 0.15) is 0 Å². The molecule has 0 radical (unpaired) electrons. The molecular weight excluding hydrogens is 384 g/mol. The largest absolute Gasteiger partial charge is 0.334 e. The Morgan fingerprint density at radius 3 is 1.97 bits per heavy atom. The summed E-state index contributed by atoms with van der Waals surface area (Å²) >= 11 is 0. The highest BCUT2D eigenvalue weighted by atomic mass is 16.7. The van der Waals surface area contributed by atoms with E-state index in [1.807, 2.05) is 6.07 Å². The first-order valence-electron chi connectivity index (χ1n) is 9.22. The molecule has 0 aromatic heterocycles. The lowest BCUT2D eigenvalue weighted by atomic mass is 9.98. The number of non-ortho nitro benzene ring substituents is 1. The first-order chi connectivity index (χ1) is 14.5. The predicted molar refractivity (Wildman–Crippen MR) is 112 cm³/mol. The van der Waals surface area contributed by atoms with E-state index >= 15 is 0 Å². The lowest BCUT2D eigenvalue weighted by Gasteiger charge is -2.07. The van der Waals surface area contributed by atoms with Crippen molar-refractivity contribution in [2.75, 3.05) is 0 Å². The first-order valence-corrected chi connectivity index (χ1v) is 9.22. The molecule has 0 aliphatic carbocycles. The van der Waals surface area contributed by atoms with E-state index in [0.717, 1.165) is 11.1 Å². The molecular formula is C23H18N2O5. The Labute approximate surface area is 172 Å². The Hall–Kier alpha value is -4.13. The first kappa shape index (κ1) is 20.6. The summed E-state index contributed by atoms with van der Waals surface area (Å²) in [6.45, 7) is 1.64. The van der Waals surface area contributed by atoms with Gasteiger partial charge in [-0.3, -0.25) is 14.9 Å². The van der Waals surface area contributed by atoms with Crippen molar-refractivity contribution >= 4 is 23.2 Å². The quantitative estimate of drug-likeness (QED) is 0.186. The van der Waals surface area contributed by atoms with Gasteiger partial charge in [-0.2, -0.15) is 0 Å². The fourth-order valence-electron chi connectivity index (χ4n) is 2.71. The van der Waals surface area contributed by atoms with Crippen molar-refractivity contribution in [3.05, 3.63) is 100 Å². The zero-order valence-electron chi connectivity index (χ0n) is 16.1. The molecule has 3 aromatic carbocycles. The van der Waals surface area contributed by atoms with Gasteiger partial charge in [0.25, 0.3) is 5.69 Å². The third-order valence-electron chi connectivity index (χ3n) is 4.35. The number of nitro benzene ring substituents is 1. The van der Waals surface area contributed by atoms with Crippen molar-refractivity contribution in [2.24, 2.45) is 5.16 Å². The summed E-state index contributed by atoms with van der Waals surface area (Å²) in [5.74, 6) is -0.926. The average molecular weight is 402 g/mol. The summed E-state index contributed by atoms with van der Waals surface area (Å²) in [6, 6.07) is 21.7. The number of nitrogens with zero attached hydrogens (tertiary/aromatic N) is 2. The minimum absolute atomic E-state index is 0.0101. The summed E-state index contributed by atoms with van der Waals surface area (Å²) in [5, 5.41) is 14.6. The van der Waals surface area contributed by atoms with Crippen LogP contribution in [0.5, 0.6) is 0 Å². The zero-order chi connectivity index (χ0) is 21.5. The minimum atomic E-state index is -0.537. The van der Waals surface area contributed by atoms with Crippen molar-refractivity contribution in [3.63, 3.8) is 0 Å². The maximum absolute atomic E-state index is 13.0. The molecule has 0 aliphatic heterocycles. The van der Waals surface area contributed by atoms with Crippen LogP contribution < -0.4 is 0 Å². The van der Waals surface area contributed by atoms with Crippen LogP contribution in [0, 0.1) is 10.1 Å². The van der Waals surface area contributed by atoms with Crippen molar-refractivity contribution in [1.82, 2.24) is 0 Å². The van der Waals surface area contributed by atoms with Crippen LogP contribution in [0.2, 0.25) is 0 Å². The van der Waals surface area contributed by atoms with Crippen molar-refractivity contribution in [3.8, 4) is 11.1 Å². The Morgan fingerprint density at radius 2 is 1.43 bits per heavy atom. The molecule has 3 aromatic rings. The van der Waals surface area contributed by atoms with E-state index in [2.05, 4.69) is 5.16 Å². The number of carbonyl (C=O) groups excluding carboxylic acids is 2. The molecule has 0 amide bonds. The average Bonchev–Trinajstić information content (AvgIpc) is 2.79. The van der Waals surface area contributed by atoms with Crippen LogP contribution in [0.15, 0.2) is 84.0 Å². The van der Waals surface area contributed by atoms with Gasteiger partial charge in [0.15, 0.2) is 5.71 Å². The van der Waals surface area contributed by atoms with Gasteiger partial charge in [0.2, 0.25) is 5.78 Å². The predicted octanol–water partition coefficient (Wildman–Crippen LogP) is 4.80. The molecule has 0 spiro atoms. The SMILES string of the molecule is CCC(=O)O/N=C(\C(=O)c1ccc(-c2ccc([N+](=O)[O-])cc2)cc1)c1ccccc1. The van der Waals surface area contributed by atoms with Gasteiger partial charge < -0.3 is 4.84 Å². The van der Waals surface area contributed by atoms with Crippen molar-refractivity contribution in [2.45, 2.75) is 13.3 Å². The standard InChI is InChI=1S/C23H18N2O5/c1-2-21(26)30-24-22(18-6-4-3-5-7-18)23(27)19-10-8-16(9-11-19)17-12-14-20(15-13-17)25(28)29/h3-15H,2H2,1H3/b24-22-. The highest BCUT2D eigenvalue weighted by Gasteiger charge is 2.18. The summed E-state index contributed by atoms with van der Waals surface area (Å²) in [4.78, 5) is 39.7. The van der Waals surface area contributed by atoms with Gasteiger partial charge in [-0.25, -0.2) is 4.79 Å². The van der Waals surface area contributed by atoms with Crippen molar-refractivity contribution < 1.29 is 19.3 Å². The minimum Gasteiger partial charge on any atom is -0.318 e. The smallest absolute Gasteiger partial charge is 0.318 e. The number of nitro groups is 1. The molecule has 30 heavy (non-hydrogen) atoms. The van der Waals surface area contributed by atoms with Crippen LogP contribution >= 0.6 is 0 Å². The number of carbonyl (C=O) groups is 2. The van der Waals surface area contributed by atoms with Gasteiger partial charge in [-0.05, 0) is 23.3 Å². The van der Waals surface area contributed by atoms with Crippen LogP contribution in [0.25, 0.3) is 11.1 Å². The number of benzene rings is 3. The normalized spacial score (nSPS) is 11.0. The Morgan fingerprint density at radius 1 is 0.867 bits per heavy atom. The van der Waals surface area contributed by atoms with Gasteiger partial charge in [0, 0.05) is 29.7 Å². The molecule has 7 nitrogen and oxygen atoms in total. The topological polar surface area (TPSA) is 98.9 Å². The van der Waals surface area contributed by atoms with Crippen LogP contribution in [0.3, 0.4) is 0 Å². The van der Waals surface area contributed by atoms with Crippen molar-refractivity contribution in [1.29, 1.82) is 0 Å². The molecule has 0 saturated heterocycles. The van der Waals surface area contributed by atoms with E-state index in [9.17, 15) is 19.7 Å². The second-order valence-corrected chi connectivity index (χ2v) is 6.33. The van der Waals surface area contributed by atoms with Gasteiger partial charge in [0.05, 0.1) is 4.92 Å². The van der Waals surface area contributed by atoms with Gasteiger partial charge in [-0.15, -0.1) is 0 Å². The maximum Gasteiger partial charge on any atom is 0.334 e. The molecule has 0 aliphatic rings. The lowest BCUT2D eigenvalue weighted by Crippen LogP contribution is -2.17. The number of Topliss-reactive ketones (excluding diaryl/α,β-unsaturated/α-hetero) is 1. The van der Waals surface area contributed by atoms with E-state index < -0.39 is 10.9 Å². The van der Waals surface area contributed by atoms with E-state index in [-0.39, 0.29) is 23.6 Å². The fourth-order valence-corrected chi connectivity index (χ4v) is 2.71. The molecule has 0 bridgehead atoms. The number of hydrogen-bond donors (Lipinski definition) is 0. The molecule has 150 valence electrons. The molecule has 0 N–H and O–H groups in total. The molecule has 7 heteroatoms. The summed E-state index contributed by atoms with van der Waals surface area (Å²) in [5.41, 5.74) is 2.53. The second-order valence-electron chi connectivity index (χ2n) is 6.33. The highest BCUT2D eigenvalue weighted by molar-refractivity contribution is 6.51. The van der Waals surface area contributed by atoms with Gasteiger partial charge >= 0.3 is 5.97 Å². The fraction of sp³-hybridized carbons (Fsp3) is 0.0870. The molecule has 0 fully saturated rings. The van der Waals surface area contributed by atoms with Crippen LogP contribution in [0.4, 0.5) is 5.69 Å². The second kappa shape index (κ2) is 9.38. The van der Waals surface area contributed by atoms with E-state index in [1.165, 1.54) is 12.1 Å². The van der Waals surface area contributed by atoms with E-state index in [4.69, 9.17) is 4.84 Å². The molecule has 0 atom stereocenters. The van der Waals surface area contributed by atoms with E-state index in [0.29, 0.717) is 11.1 Å². The third kappa shape index (κ3) is 4.82. The molecule has 0 unspecified atom stereocenters. The molecule has 0 heterocycles. The highest BCUT2D eigenvalue weighted by Crippen LogP contribution is 2.23.